The van der Waals surface area contributed by atoms with Crippen LogP contribution in [0.1, 0.15) is 25.5 Å². The molecule has 0 aliphatic carbocycles. The highest BCUT2D eigenvalue weighted by Gasteiger charge is 2.10. The molecule has 0 unspecified atom stereocenters. The molecule has 0 radical (unpaired) electrons. The van der Waals surface area contributed by atoms with Crippen LogP contribution in [0, 0.1) is 0 Å². The Labute approximate surface area is 99.0 Å². The Balaban J connectivity index is 2.63. The van der Waals surface area contributed by atoms with Crippen LogP contribution < -0.4 is 0 Å². The maximum absolute atomic E-state index is 10.5. The number of halogens is 1. The molecule has 0 aliphatic heterocycles. The number of carbonyl (C=O) groups excluding carboxylic acids is 1. The molecule has 0 saturated carbocycles. The van der Waals surface area contributed by atoms with Crippen LogP contribution in [0.25, 0.3) is 11.0 Å². The van der Waals surface area contributed by atoms with Gasteiger partial charge in [0.15, 0.2) is 0 Å². The normalized spacial score (nSPS) is 11.2. The van der Waals surface area contributed by atoms with Crippen LogP contribution in [0.5, 0.6) is 0 Å². The third-order valence-corrected chi connectivity index (χ3v) is 2.85. The fourth-order valence-electron chi connectivity index (χ4n) is 1.78. The van der Waals surface area contributed by atoms with Crippen molar-refractivity contribution >= 4 is 28.9 Å². The van der Waals surface area contributed by atoms with Crippen LogP contribution in [-0.4, -0.2) is 15.8 Å². The lowest BCUT2D eigenvalue weighted by Gasteiger charge is -2.09. The first kappa shape index (κ1) is 11.1. The molecule has 0 fully saturated rings. The molecule has 4 heteroatoms. The minimum absolute atomic E-state index is 0.319. The lowest BCUT2D eigenvalue weighted by Crippen LogP contribution is -1.98. The number of aromatic nitrogens is 2. The van der Waals surface area contributed by atoms with Gasteiger partial charge in [-0.1, -0.05) is 11.6 Å². The van der Waals surface area contributed by atoms with Crippen LogP contribution in [0.15, 0.2) is 18.5 Å². The van der Waals surface area contributed by atoms with Gasteiger partial charge in [0, 0.05) is 12.5 Å². The molecule has 0 amide bonds. The van der Waals surface area contributed by atoms with Crippen molar-refractivity contribution < 1.29 is 4.79 Å². The van der Waals surface area contributed by atoms with E-state index in [1.807, 2.05) is 16.7 Å². The van der Waals surface area contributed by atoms with E-state index in [0.29, 0.717) is 17.5 Å². The second-order valence-corrected chi connectivity index (χ2v) is 4.47. The summed E-state index contributed by atoms with van der Waals surface area (Å²) < 4.78 is 2.03. The highest BCUT2D eigenvalue weighted by molar-refractivity contribution is 6.35. The maximum atomic E-state index is 10.5. The van der Waals surface area contributed by atoms with Gasteiger partial charge in [-0.3, -0.25) is 0 Å². The Bertz CT molecular complexity index is 531. The van der Waals surface area contributed by atoms with Crippen LogP contribution in [0.4, 0.5) is 0 Å². The van der Waals surface area contributed by atoms with E-state index in [0.717, 1.165) is 22.9 Å². The molecule has 0 bridgehead atoms. The summed E-state index contributed by atoms with van der Waals surface area (Å²) in [4.78, 5) is 14.8. The summed E-state index contributed by atoms with van der Waals surface area (Å²) in [6, 6.07) is 4.06. The molecule has 0 saturated heterocycles. The standard InChI is InChI=1S/C12H13ClN2O/c1-8(2)15-7-14-11-6-9(3-4-16)5-10(13)12(11)15/h4-8H,3H2,1-2H3. The van der Waals surface area contributed by atoms with E-state index in [1.165, 1.54) is 0 Å². The smallest absolute Gasteiger partial charge is 0.124 e. The third-order valence-electron chi connectivity index (χ3n) is 2.56. The lowest BCUT2D eigenvalue weighted by molar-refractivity contribution is -0.107. The molecule has 1 heterocycles. The van der Waals surface area contributed by atoms with Gasteiger partial charge in [-0.15, -0.1) is 0 Å². The number of hydrogen-bond acceptors (Lipinski definition) is 2. The SMILES string of the molecule is CC(C)n1cnc2cc(CC=O)cc(Cl)c21. The van der Waals surface area contributed by atoms with E-state index in [1.54, 1.807) is 6.33 Å². The summed E-state index contributed by atoms with van der Waals surface area (Å²) in [5.74, 6) is 0. The maximum Gasteiger partial charge on any atom is 0.124 e. The number of rotatable bonds is 3. The number of imidazole rings is 1. The molecular weight excluding hydrogens is 224 g/mol. The fourth-order valence-corrected chi connectivity index (χ4v) is 2.12. The highest BCUT2D eigenvalue weighted by Crippen LogP contribution is 2.27. The zero-order chi connectivity index (χ0) is 11.7. The quantitative estimate of drug-likeness (QED) is 0.768. The minimum Gasteiger partial charge on any atom is -0.327 e. The molecule has 2 aromatic rings. The Morgan fingerprint density at radius 2 is 2.25 bits per heavy atom. The Morgan fingerprint density at radius 1 is 1.50 bits per heavy atom. The fraction of sp³-hybridized carbons (Fsp3) is 0.333. The molecule has 16 heavy (non-hydrogen) atoms. The zero-order valence-corrected chi connectivity index (χ0v) is 10.0. The largest absolute Gasteiger partial charge is 0.327 e. The lowest BCUT2D eigenvalue weighted by atomic mass is 10.1. The number of aldehydes is 1. The molecule has 1 aromatic heterocycles. The van der Waals surface area contributed by atoms with Crippen molar-refractivity contribution in [2.75, 3.05) is 0 Å². The van der Waals surface area contributed by atoms with Gasteiger partial charge < -0.3 is 9.36 Å². The van der Waals surface area contributed by atoms with Gasteiger partial charge >= 0.3 is 0 Å². The van der Waals surface area contributed by atoms with Crippen molar-refractivity contribution in [3.05, 3.63) is 29.0 Å². The number of nitrogens with zero attached hydrogens (tertiary/aromatic N) is 2. The van der Waals surface area contributed by atoms with Crippen LogP contribution in [0.2, 0.25) is 5.02 Å². The second kappa shape index (κ2) is 4.26. The first-order chi connectivity index (χ1) is 7.63. The second-order valence-electron chi connectivity index (χ2n) is 4.06. The van der Waals surface area contributed by atoms with Crippen LogP contribution in [-0.2, 0) is 11.2 Å². The number of carbonyl (C=O) groups is 1. The topological polar surface area (TPSA) is 34.9 Å². The summed E-state index contributed by atoms with van der Waals surface area (Å²) in [6.45, 7) is 4.16. The molecule has 0 aliphatic rings. The van der Waals surface area contributed by atoms with Gasteiger partial charge in [0.25, 0.3) is 0 Å². The molecule has 0 atom stereocenters. The van der Waals surface area contributed by atoms with Crippen LogP contribution in [0.3, 0.4) is 0 Å². The zero-order valence-electron chi connectivity index (χ0n) is 9.27. The molecule has 0 N–H and O–H groups in total. The molecule has 3 nitrogen and oxygen atoms in total. The minimum atomic E-state index is 0.319. The van der Waals surface area contributed by atoms with Gasteiger partial charge in [-0.05, 0) is 31.5 Å². The molecule has 84 valence electrons. The summed E-state index contributed by atoms with van der Waals surface area (Å²) in [6.07, 6.45) is 3.03. The van der Waals surface area contributed by atoms with Crippen molar-refractivity contribution in [1.82, 2.24) is 9.55 Å². The third kappa shape index (κ3) is 1.83. The van der Waals surface area contributed by atoms with Gasteiger partial charge in [-0.2, -0.15) is 0 Å². The van der Waals surface area contributed by atoms with E-state index in [2.05, 4.69) is 18.8 Å². The predicted octanol–water partition coefficient (Wildman–Crippen LogP) is 3.01. The monoisotopic (exact) mass is 236 g/mol. The molecule has 2 rings (SSSR count). The van der Waals surface area contributed by atoms with Crippen LogP contribution >= 0.6 is 11.6 Å². The summed E-state index contributed by atoms with van der Waals surface area (Å²) >= 11 is 6.21. The molecule has 1 aromatic carbocycles. The van der Waals surface area contributed by atoms with E-state index in [9.17, 15) is 4.79 Å². The average molecular weight is 237 g/mol. The number of benzene rings is 1. The van der Waals surface area contributed by atoms with Gasteiger partial charge in [0.05, 0.1) is 22.4 Å². The van der Waals surface area contributed by atoms with E-state index < -0.39 is 0 Å². The van der Waals surface area contributed by atoms with E-state index in [4.69, 9.17) is 11.6 Å². The van der Waals surface area contributed by atoms with E-state index in [-0.39, 0.29) is 0 Å². The number of fused-ring (bicyclic) bond motifs is 1. The van der Waals surface area contributed by atoms with Gasteiger partial charge in [0.2, 0.25) is 0 Å². The van der Waals surface area contributed by atoms with Gasteiger partial charge in [0.1, 0.15) is 6.29 Å². The van der Waals surface area contributed by atoms with Crippen molar-refractivity contribution in [3.63, 3.8) is 0 Å². The van der Waals surface area contributed by atoms with Crippen molar-refractivity contribution in [2.45, 2.75) is 26.3 Å². The Morgan fingerprint density at radius 3 is 2.88 bits per heavy atom. The van der Waals surface area contributed by atoms with E-state index >= 15 is 0 Å². The highest BCUT2D eigenvalue weighted by atomic mass is 35.5. The first-order valence-corrected chi connectivity index (χ1v) is 5.60. The predicted molar refractivity (Wildman–Crippen MR) is 64.9 cm³/mol. The summed E-state index contributed by atoms with van der Waals surface area (Å²) in [5.41, 5.74) is 2.69. The van der Waals surface area contributed by atoms with Crippen molar-refractivity contribution in [1.29, 1.82) is 0 Å². The summed E-state index contributed by atoms with van der Waals surface area (Å²) in [5, 5.41) is 0.653. The first-order valence-electron chi connectivity index (χ1n) is 5.22. The average Bonchev–Trinajstić information content (AvgIpc) is 2.62. The van der Waals surface area contributed by atoms with Crippen molar-refractivity contribution in [2.24, 2.45) is 0 Å². The number of hydrogen-bond donors (Lipinski definition) is 0. The van der Waals surface area contributed by atoms with Crippen molar-refractivity contribution in [3.8, 4) is 0 Å². The Hall–Kier alpha value is -1.35. The molecular formula is C12H13ClN2O. The Kier molecular flexibility index (Phi) is 2.97. The summed E-state index contributed by atoms with van der Waals surface area (Å²) in [7, 11) is 0. The van der Waals surface area contributed by atoms with Gasteiger partial charge in [-0.25, -0.2) is 4.98 Å². The molecule has 0 spiro atoms.